The van der Waals surface area contributed by atoms with Gasteiger partial charge in [-0.15, -0.1) is 0 Å². The summed E-state index contributed by atoms with van der Waals surface area (Å²) in [5, 5.41) is 4.44. The van der Waals surface area contributed by atoms with Crippen molar-refractivity contribution < 1.29 is 4.79 Å². The lowest BCUT2D eigenvalue weighted by atomic mass is 9.84. The second-order valence-corrected chi connectivity index (χ2v) is 8.11. The maximum absolute atomic E-state index is 12.8. The number of piperidine rings is 3. The van der Waals surface area contributed by atoms with E-state index in [0.717, 1.165) is 33.0 Å². The minimum absolute atomic E-state index is 0.0402. The first-order valence-corrected chi connectivity index (χ1v) is 9.71. The number of nitrogens with zero attached hydrogens (tertiary/aromatic N) is 2. The summed E-state index contributed by atoms with van der Waals surface area (Å²) in [5.41, 5.74) is 2.87. The van der Waals surface area contributed by atoms with Crippen LogP contribution in [-0.4, -0.2) is 40.9 Å². The lowest BCUT2D eigenvalue weighted by Crippen LogP contribution is -2.57. The molecule has 0 aliphatic carbocycles. The summed E-state index contributed by atoms with van der Waals surface area (Å²) in [6.07, 6.45) is 4.37. The number of hydrogen-bond donors (Lipinski definition) is 1. The van der Waals surface area contributed by atoms with Crippen LogP contribution in [0, 0.1) is 5.92 Å². The highest BCUT2D eigenvalue weighted by Crippen LogP contribution is 2.29. The third-order valence-corrected chi connectivity index (χ3v) is 6.41. The molecule has 6 rings (SSSR count). The molecule has 5 heteroatoms. The van der Waals surface area contributed by atoms with Gasteiger partial charge in [-0.3, -0.25) is 4.79 Å². The summed E-state index contributed by atoms with van der Waals surface area (Å²) in [5.74, 6) is 0.678. The fraction of sp³-hybridized carbons (Fsp3) is 0.350. The third kappa shape index (κ3) is 2.57. The quantitative estimate of drug-likeness (QED) is 0.715. The number of halogens is 1. The number of pyridine rings is 1. The van der Waals surface area contributed by atoms with Crippen molar-refractivity contribution in [2.24, 2.45) is 5.92 Å². The highest BCUT2D eigenvalue weighted by Gasteiger charge is 2.35. The smallest absolute Gasteiger partial charge is 0.253 e. The molecule has 0 radical (unpaired) electrons. The number of rotatable bonds is 2. The van der Waals surface area contributed by atoms with Gasteiger partial charge in [0.25, 0.3) is 5.91 Å². The Morgan fingerprint density at radius 3 is 2.68 bits per heavy atom. The maximum Gasteiger partial charge on any atom is 0.253 e. The Hall–Kier alpha value is -1.85. The fourth-order valence-corrected chi connectivity index (χ4v) is 4.94. The van der Waals surface area contributed by atoms with Gasteiger partial charge in [0.15, 0.2) is 0 Å². The lowest BCUT2D eigenvalue weighted by Gasteiger charge is -2.44. The third-order valence-electron chi connectivity index (χ3n) is 5.78. The van der Waals surface area contributed by atoms with E-state index in [1.807, 2.05) is 24.4 Å². The van der Waals surface area contributed by atoms with Crippen LogP contribution in [0.15, 0.2) is 47.1 Å². The Balaban J connectivity index is 1.49. The average Bonchev–Trinajstić information content (AvgIpc) is 3.09. The van der Waals surface area contributed by atoms with Gasteiger partial charge in [0.2, 0.25) is 0 Å². The zero-order chi connectivity index (χ0) is 17.0. The van der Waals surface area contributed by atoms with Crippen molar-refractivity contribution in [3.8, 4) is 0 Å². The largest absolute Gasteiger partial charge is 0.348 e. The standard InChI is InChI=1S/C20H20BrN3O/c21-16-9-14-3-1-2-4-18(14)24-11-15(10-19(16)24)20(25)22-17-12-23-7-5-13(17)6-8-23/h1-4,9-11,13,17H,5-8,12H2,(H,22,25)/t17-/m0/s1. The van der Waals surface area contributed by atoms with Crippen molar-refractivity contribution in [1.82, 2.24) is 14.6 Å². The van der Waals surface area contributed by atoms with Gasteiger partial charge in [-0.05, 0) is 71.4 Å². The van der Waals surface area contributed by atoms with E-state index in [0.29, 0.717) is 5.92 Å². The predicted octanol–water partition coefficient (Wildman–Crippen LogP) is 3.68. The molecule has 1 atom stereocenters. The Labute approximate surface area is 154 Å². The first kappa shape index (κ1) is 15.4. The van der Waals surface area contributed by atoms with Gasteiger partial charge in [0.05, 0.1) is 16.6 Å². The topological polar surface area (TPSA) is 36.8 Å². The number of amides is 1. The predicted molar refractivity (Wildman–Crippen MR) is 103 cm³/mol. The van der Waals surface area contributed by atoms with Crippen LogP contribution in [-0.2, 0) is 0 Å². The van der Waals surface area contributed by atoms with Crippen LogP contribution in [0.25, 0.3) is 16.4 Å². The van der Waals surface area contributed by atoms with Crippen LogP contribution in [0.1, 0.15) is 23.2 Å². The summed E-state index contributed by atoms with van der Waals surface area (Å²) in [6, 6.07) is 12.6. The molecule has 0 unspecified atom stereocenters. The van der Waals surface area contributed by atoms with Crippen molar-refractivity contribution in [2.75, 3.05) is 19.6 Å². The first-order chi connectivity index (χ1) is 12.2. The van der Waals surface area contributed by atoms with E-state index in [2.05, 4.69) is 48.7 Å². The van der Waals surface area contributed by atoms with E-state index in [9.17, 15) is 4.79 Å². The summed E-state index contributed by atoms with van der Waals surface area (Å²) in [6.45, 7) is 3.37. The molecule has 1 N–H and O–H groups in total. The Bertz CT molecular complexity index is 972. The molecule has 2 aromatic heterocycles. The molecule has 3 aromatic rings. The SMILES string of the molecule is O=C(N[C@H]1CN2CCC1CC2)c1cc2c(Br)cc3ccccc3n2c1. The van der Waals surface area contributed by atoms with Gasteiger partial charge in [-0.25, -0.2) is 0 Å². The lowest BCUT2D eigenvalue weighted by molar-refractivity contribution is 0.0620. The number of hydrogen-bond acceptors (Lipinski definition) is 2. The number of carbonyl (C=O) groups excluding carboxylic acids is 1. The molecule has 3 aliphatic rings. The molecular formula is C20H20BrN3O. The Morgan fingerprint density at radius 1 is 1.12 bits per heavy atom. The highest BCUT2D eigenvalue weighted by molar-refractivity contribution is 9.10. The van der Waals surface area contributed by atoms with Crippen LogP contribution in [0.4, 0.5) is 0 Å². The van der Waals surface area contributed by atoms with Gasteiger partial charge in [0, 0.05) is 23.3 Å². The van der Waals surface area contributed by atoms with Crippen LogP contribution >= 0.6 is 15.9 Å². The minimum atomic E-state index is 0.0402. The number of nitrogens with one attached hydrogen (secondary N) is 1. The molecule has 4 nitrogen and oxygen atoms in total. The highest BCUT2D eigenvalue weighted by atomic mass is 79.9. The number of carbonyl (C=O) groups is 1. The second kappa shape index (κ2) is 5.85. The van der Waals surface area contributed by atoms with Crippen molar-refractivity contribution in [3.63, 3.8) is 0 Å². The van der Waals surface area contributed by atoms with E-state index in [1.54, 1.807) is 0 Å². The summed E-state index contributed by atoms with van der Waals surface area (Å²) in [4.78, 5) is 15.3. The number of fused-ring (bicyclic) bond motifs is 6. The number of para-hydroxylation sites is 1. The normalized spacial score (nSPS) is 25.6. The van der Waals surface area contributed by atoms with Crippen molar-refractivity contribution in [1.29, 1.82) is 0 Å². The summed E-state index contributed by atoms with van der Waals surface area (Å²) < 4.78 is 3.11. The van der Waals surface area contributed by atoms with Gasteiger partial charge < -0.3 is 14.6 Å². The van der Waals surface area contributed by atoms with Gasteiger partial charge in [-0.2, -0.15) is 0 Å². The first-order valence-electron chi connectivity index (χ1n) is 8.91. The average molecular weight is 398 g/mol. The van der Waals surface area contributed by atoms with Crippen LogP contribution < -0.4 is 5.32 Å². The molecule has 2 bridgehead atoms. The van der Waals surface area contributed by atoms with Crippen LogP contribution in [0.3, 0.4) is 0 Å². The second-order valence-electron chi connectivity index (χ2n) is 7.25. The van der Waals surface area contributed by atoms with Crippen molar-refractivity contribution in [2.45, 2.75) is 18.9 Å². The molecule has 1 aromatic carbocycles. The maximum atomic E-state index is 12.8. The van der Waals surface area contributed by atoms with Crippen LogP contribution in [0.2, 0.25) is 0 Å². The molecule has 3 saturated heterocycles. The molecule has 128 valence electrons. The summed E-state index contributed by atoms with van der Waals surface area (Å²) in [7, 11) is 0. The molecule has 1 amide bonds. The molecular weight excluding hydrogens is 378 g/mol. The summed E-state index contributed by atoms with van der Waals surface area (Å²) >= 11 is 3.65. The van der Waals surface area contributed by atoms with Crippen LogP contribution in [0.5, 0.6) is 0 Å². The minimum Gasteiger partial charge on any atom is -0.348 e. The molecule has 3 aliphatic heterocycles. The molecule has 0 spiro atoms. The van der Waals surface area contributed by atoms with E-state index in [-0.39, 0.29) is 11.9 Å². The van der Waals surface area contributed by atoms with Gasteiger partial charge >= 0.3 is 0 Å². The zero-order valence-electron chi connectivity index (χ0n) is 13.9. The van der Waals surface area contributed by atoms with Crippen molar-refractivity contribution in [3.05, 3.63) is 52.6 Å². The van der Waals surface area contributed by atoms with Gasteiger partial charge in [-0.1, -0.05) is 18.2 Å². The van der Waals surface area contributed by atoms with E-state index in [1.165, 1.54) is 25.9 Å². The van der Waals surface area contributed by atoms with E-state index < -0.39 is 0 Å². The molecule has 3 fully saturated rings. The van der Waals surface area contributed by atoms with E-state index in [4.69, 9.17) is 0 Å². The molecule has 0 saturated carbocycles. The number of benzene rings is 1. The molecule has 25 heavy (non-hydrogen) atoms. The Kier molecular flexibility index (Phi) is 3.61. The fourth-order valence-electron chi connectivity index (χ4n) is 4.39. The van der Waals surface area contributed by atoms with E-state index >= 15 is 0 Å². The van der Waals surface area contributed by atoms with Gasteiger partial charge in [0.1, 0.15) is 0 Å². The van der Waals surface area contributed by atoms with Crippen molar-refractivity contribution >= 4 is 38.3 Å². The Morgan fingerprint density at radius 2 is 1.92 bits per heavy atom. The molecule has 5 heterocycles. The zero-order valence-corrected chi connectivity index (χ0v) is 15.5. The number of aromatic nitrogens is 1. The monoisotopic (exact) mass is 397 g/mol.